The van der Waals surface area contributed by atoms with E-state index < -0.39 is 0 Å². The van der Waals surface area contributed by atoms with E-state index in [-0.39, 0.29) is 17.8 Å². The summed E-state index contributed by atoms with van der Waals surface area (Å²) in [5.41, 5.74) is 4.10. The van der Waals surface area contributed by atoms with Crippen LogP contribution in [0.2, 0.25) is 0 Å². The van der Waals surface area contributed by atoms with Crippen molar-refractivity contribution < 1.29 is 13.6 Å². The summed E-state index contributed by atoms with van der Waals surface area (Å²) in [6.45, 7) is 0.566. The van der Waals surface area contributed by atoms with Crippen molar-refractivity contribution in [3.8, 4) is 0 Å². The van der Waals surface area contributed by atoms with E-state index >= 15 is 0 Å². The highest BCUT2D eigenvalue weighted by atomic mass is 19.1. The Morgan fingerprint density at radius 1 is 1.07 bits per heavy atom. The van der Waals surface area contributed by atoms with Crippen molar-refractivity contribution in [3.63, 3.8) is 0 Å². The summed E-state index contributed by atoms with van der Waals surface area (Å²) >= 11 is 0. The molecule has 0 saturated carbocycles. The van der Waals surface area contributed by atoms with Crippen LogP contribution in [0.5, 0.6) is 0 Å². The van der Waals surface area contributed by atoms with E-state index in [0.717, 1.165) is 23.2 Å². The fourth-order valence-corrected chi connectivity index (χ4v) is 3.99. The van der Waals surface area contributed by atoms with E-state index in [0.29, 0.717) is 12.3 Å². The number of fused-ring (bicyclic) bond motifs is 3. The lowest BCUT2D eigenvalue weighted by Gasteiger charge is -2.35. The zero-order valence-electron chi connectivity index (χ0n) is 14.5. The molecule has 3 heterocycles. The number of benzene rings is 2. The highest BCUT2D eigenvalue weighted by Crippen LogP contribution is 2.39. The molecule has 0 fully saturated rings. The fourth-order valence-electron chi connectivity index (χ4n) is 3.99. The molecule has 4 nitrogen and oxygen atoms in total. The number of nitrogens with zero attached hydrogens (tertiary/aromatic N) is 1. The molecule has 27 heavy (non-hydrogen) atoms. The van der Waals surface area contributed by atoms with Gasteiger partial charge in [-0.25, -0.2) is 4.39 Å². The van der Waals surface area contributed by atoms with E-state index in [2.05, 4.69) is 11.1 Å². The minimum Gasteiger partial charge on any atom is -0.459 e. The maximum atomic E-state index is 13.5. The Labute approximate surface area is 155 Å². The van der Waals surface area contributed by atoms with Crippen molar-refractivity contribution in [2.75, 3.05) is 6.54 Å². The Hall–Kier alpha value is -3.34. The molecule has 0 saturated heterocycles. The van der Waals surface area contributed by atoms with Gasteiger partial charge in [0.15, 0.2) is 5.76 Å². The van der Waals surface area contributed by atoms with Gasteiger partial charge < -0.3 is 14.3 Å². The quantitative estimate of drug-likeness (QED) is 0.564. The second-order valence-corrected chi connectivity index (χ2v) is 6.74. The fraction of sp³-hybridized carbons (Fsp3) is 0.136. The number of nitrogens with one attached hydrogen (secondary N) is 1. The normalized spacial score (nSPS) is 16.5. The van der Waals surface area contributed by atoms with E-state index in [1.807, 2.05) is 18.2 Å². The Kier molecular flexibility index (Phi) is 3.60. The lowest BCUT2D eigenvalue weighted by atomic mass is 9.92. The van der Waals surface area contributed by atoms with E-state index in [9.17, 15) is 9.18 Å². The molecule has 2 aromatic carbocycles. The number of para-hydroxylation sites is 1. The van der Waals surface area contributed by atoms with Gasteiger partial charge >= 0.3 is 0 Å². The molecule has 0 bridgehead atoms. The molecule has 0 spiro atoms. The van der Waals surface area contributed by atoms with Gasteiger partial charge in [-0.15, -0.1) is 0 Å². The first-order valence-corrected chi connectivity index (χ1v) is 8.92. The zero-order valence-corrected chi connectivity index (χ0v) is 14.5. The number of H-pyrrole nitrogens is 1. The number of halogens is 1. The minimum atomic E-state index is -0.320. The minimum absolute atomic E-state index is 0.168. The molecule has 0 radical (unpaired) electrons. The van der Waals surface area contributed by atoms with E-state index in [1.165, 1.54) is 29.3 Å². The van der Waals surface area contributed by atoms with Crippen LogP contribution in [0, 0.1) is 5.82 Å². The predicted molar refractivity (Wildman–Crippen MR) is 100.0 cm³/mol. The number of carbonyl (C=O) groups excluding carboxylic acids is 1. The predicted octanol–water partition coefficient (Wildman–Crippen LogP) is 4.69. The largest absolute Gasteiger partial charge is 0.459 e. The van der Waals surface area contributed by atoms with Crippen LogP contribution < -0.4 is 0 Å². The molecule has 134 valence electrons. The van der Waals surface area contributed by atoms with Crippen LogP contribution in [-0.2, 0) is 6.42 Å². The molecule has 4 aromatic rings. The third-order valence-corrected chi connectivity index (χ3v) is 5.21. The molecule has 0 aliphatic carbocycles. The van der Waals surface area contributed by atoms with Gasteiger partial charge in [-0.3, -0.25) is 4.79 Å². The number of furan rings is 1. The first kappa shape index (κ1) is 15.9. The molecule has 1 atom stereocenters. The van der Waals surface area contributed by atoms with E-state index in [4.69, 9.17) is 4.42 Å². The SMILES string of the molecule is O=C(c1ccco1)N1CCc2c([nH]c3ccccc23)[C@@H]1c1ccc(F)cc1. The molecular weight excluding hydrogens is 343 g/mol. The second-order valence-electron chi connectivity index (χ2n) is 6.74. The van der Waals surface area contributed by atoms with Crippen LogP contribution in [0.25, 0.3) is 10.9 Å². The highest BCUT2D eigenvalue weighted by Gasteiger charge is 2.35. The summed E-state index contributed by atoms with van der Waals surface area (Å²) in [4.78, 5) is 18.4. The van der Waals surface area contributed by atoms with Crippen molar-refractivity contribution in [1.29, 1.82) is 0 Å². The zero-order chi connectivity index (χ0) is 18.4. The number of rotatable bonds is 2. The van der Waals surface area contributed by atoms with Crippen molar-refractivity contribution in [2.45, 2.75) is 12.5 Å². The summed E-state index contributed by atoms with van der Waals surface area (Å²) < 4.78 is 18.8. The van der Waals surface area contributed by atoms with Crippen molar-refractivity contribution in [2.24, 2.45) is 0 Å². The molecule has 1 N–H and O–H groups in total. The number of amides is 1. The standard InChI is InChI=1S/C22H17FN2O2/c23-15-9-7-14(8-10-15)21-20-17(16-4-1-2-5-18(16)24-20)11-12-25(21)22(26)19-6-3-13-27-19/h1-10,13,21,24H,11-12H2/t21-/m0/s1. The summed E-state index contributed by atoms with van der Waals surface area (Å²) in [6.07, 6.45) is 2.25. The highest BCUT2D eigenvalue weighted by molar-refractivity contribution is 5.93. The second kappa shape index (κ2) is 6.13. The molecule has 2 aromatic heterocycles. The summed E-state index contributed by atoms with van der Waals surface area (Å²) in [6, 6.07) is 17.5. The van der Waals surface area contributed by atoms with Crippen molar-refractivity contribution in [1.82, 2.24) is 9.88 Å². The van der Waals surface area contributed by atoms with Gasteiger partial charge in [0.1, 0.15) is 5.82 Å². The number of carbonyl (C=O) groups is 1. The average Bonchev–Trinajstić information content (AvgIpc) is 3.35. The number of hydrogen-bond donors (Lipinski definition) is 1. The maximum Gasteiger partial charge on any atom is 0.290 e. The van der Waals surface area contributed by atoms with Crippen LogP contribution in [0.3, 0.4) is 0 Å². The topological polar surface area (TPSA) is 49.2 Å². The van der Waals surface area contributed by atoms with Gasteiger partial charge in [-0.05, 0) is 47.9 Å². The van der Waals surface area contributed by atoms with Crippen LogP contribution >= 0.6 is 0 Å². The van der Waals surface area contributed by atoms with Crippen molar-refractivity contribution in [3.05, 3.63) is 95.3 Å². The smallest absolute Gasteiger partial charge is 0.290 e. The maximum absolute atomic E-state index is 13.5. The van der Waals surface area contributed by atoms with Crippen molar-refractivity contribution >= 4 is 16.8 Å². The van der Waals surface area contributed by atoms with Crippen LogP contribution in [-0.4, -0.2) is 22.3 Å². The molecule has 1 amide bonds. The van der Waals surface area contributed by atoms with Gasteiger partial charge in [0.05, 0.1) is 12.3 Å². The number of aromatic nitrogens is 1. The van der Waals surface area contributed by atoms with Crippen LogP contribution in [0.15, 0.2) is 71.3 Å². The Balaban J connectivity index is 1.68. The third-order valence-electron chi connectivity index (χ3n) is 5.21. The molecular formula is C22H17FN2O2. The summed E-state index contributed by atoms with van der Waals surface area (Å²) in [5, 5.41) is 1.17. The first-order chi connectivity index (χ1) is 13.2. The molecule has 0 unspecified atom stereocenters. The molecule has 5 heteroatoms. The number of aromatic amines is 1. The van der Waals surface area contributed by atoms with Gasteiger partial charge in [0, 0.05) is 23.1 Å². The lowest BCUT2D eigenvalue weighted by molar-refractivity contribution is 0.0659. The Morgan fingerprint density at radius 2 is 1.89 bits per heavy atom. The van der Waals surface area contributed by atoms with Crippen LogP contribution in [0.4, 0.5) is 4.39 Å². The van der Waals surface area contributed by atoms with E-state index in [1.54, 1.807) is 29.2 Å². The van der Waals surface area contributed by atoms with Gasteiger partial charge in [0.2, 0.25) is 0 Å². The third kappa shape index (κ3) is 2.54. The van der Waals surface area contributed by atoms with Crippen LogP contribution in [0.1, 0.15) is 33.4 Å². The molecule has 1 aliphatic heterocycles. The van der Waals surface area contributed by atoms with Gasteiger partial charge in [-0.2, -0.15) is 0 Å². The molecule has 1 aliphatic rings. The monoisotopic (exact) mass is 360 g/mol. The molecule has 5 rings (SSSR count). The van der Waals surface area contributed by atoms with Gasteiger partial charge in [0.25, 0.3) is 5.91 Å². The number of hydrogen-bond acceptors (Lipinski definition) is 2. The summed E-state index contributed by atoms with van der Waals surface area (Å²) in [7, 11) is 0. The Bertz CT molecular complexity index is 1110. The average molecular weight is 360 g/mol. The first-order valence-electron chi connectivity index (χ1n) is 8.92. The Morgan fingerprint density at radius 3 is 2.67 bits per heavy atom. The lowest BCUT2D eigenvalue weighted by Crippen LogP contribution is -2.40. The van der Waals surface area contributed by atoms with Gasteiger partial charge in [-0.1, -0.05) is 30.3 Å². The summed E-state index contributed by atoms with van der Waals surface area (Å²) in [5.74, 6) is -0.157.